The molecule has 0 saturated heterocycles. The molecule has 0 spiro atoms. The van der Waals surface area contributed by atoms with Crippen molar-refractivity contribution in [3.8, 4) is 11.3 Å². The molecular weight excluding hydrogens is 266 g/mol. The van der Waals surface area contributed by atoms with Crippen molar-refractivity contribution in [2.45, 2.75) is 4.90 Å². The van der Waals surface area contributed by atoms with Crippen molar-refractivity contribution < 1.29 is 14.1 Å². The highest BCUT2D eigenvalue weighted by Gasteiger charge is 2.17. The molecule has 1 atom stereocenters. The molecule has 0 saturated carbocycles. The van der Waals surface area contributed by atoms with Crippen LogP contribution in [0.4, 0.5) is 0 Å². The Bertz CT molecular complexity index is 727. The van der Waals surface area contributed by atoms with Gasteiger partial charge in [-0.1, -0.05) is 30.3 Å². The summed E-state index contributed by atoms with van der Waals surface area (Å²) < 4.78 is 19.5. The van der Waals surface area contributed by atoms with Gasteiger partial charge in [0.2, 0.25) is 5.82 Å². The molecule has 19 heavy (non-hydrogen) atoms. The van der Waals surface area contributed by atoms with Crippen molar-refractivity contribution in [2.75, 3.05) is 6.26 Å². The minimum Gasteiger partial charge on any atom is -0.475 e. The lowest BCUT2D eigenvalue weighted by Gasteiger charge is -2.09. The van der Waals surface area contributed by atoms with E-state index in [0.717, 1.165) is 6.20 Å². The second-order valence-electron chi connectivity index (χ2n) is 3.92. The maximum Gasteiger partial charge on any atom is 0.373 e. The van der Waals surface area contributed by atoms with E-state index in [9.17, 15) is 9.00 Å². The first-order valence-electron chi connectivity index (χ1n) is 5.29. The summed E-state index contributed by atoms with van der Waals surface area (Å²) in [5.41, 5.74) is 0.819. The Kier molecular flexibility index (Phi) is 3.30. The van der Waals surface area contributed by atoms with Crippen LogP contribution in [-0.2, 0) is 9.73 Å². The van der Waals surface area contributed by atoms with Crippen LogP contribution in [-0.4, -0.2) is 31.5 Å². The van der Waals surface area contributed by atoms with E-state index >= 15 is 0 Å². The third kappa shape index (κ3) is 2.76. The number of aromatic nitrogens is 2. The largest absolute Gasteiger partial charge is 0.475 e. The lowest BCUT2D eigenvalue weighted by Crippen LogP contribution is -2.09. The van der Waals surface area contributed by atoms with Gasteiger partial charge in [0.05, 0.1) is 20.3 Å². The fourth-order valence-corrected chi connectivity index (χ4v) is 2.35. The molecule has 2 rings (SSSR count). The van der Waals surface area contributed by atoms with Crippen LogP contribution >= 0.6 is 0 Å². The number of rotatable bonds is 3. The molecule has 7 heteroatoms. The molecule has 0 aliphatic heterocycles. The fourth-order valence-electron chi connectivity index (χ4n) is 1.56. The Morgan fingerprint density at radius 1 is 1.32 bits per heavy atom. The summed E-state index contributed by atoms with van der Waals surface area (Å²) in [6.07, 6.45) is 2.40. The molecule has 6 nitrogen and oxygen atoms in total. The van der Waals surface area contributed by atoms with Gasteiger partial charge in [0, 0.05) is 18.0 Å². The molecule has 0 radical (unpaired) electrons. The molecule has 2 N–H and O–H groups in total. The van der Waals surface area contributed by atoms with Crippen LogP contribution in [0.5, 0.6) is 0 Å². The van der Waals surface area contributed by atoms with E-state index in [1.54, 1.807) is 30.3 Å². The van der Waals surface area contributed by atoms with Crippen molar-refractivity contribution in [1.29, 1.82) is 4.78 Å². The highest BCUT2D eigenvalue weighted by molar-refractivity contribution is 7.91. The van der Waals surface area contributed by atoms with E-state index in [2.05, 4.69) is 9.97 Å². The Hall–Kier alpha value is -2.28. The number of aromatic carboxylic acids is 1. The molecule has 1 heterocycles. The first kappa shape index (κ1) is 13.2. The Labute approximate surface area is 110 Å². The van der Waals surface area contributed by atoms with E-state index in [1.165, 1.54) is 6.26 Å². The molecule has 98 valence electrons. The number of hydrogen-bond donors (Lipinski definition) is 2. The zero-order chi connectivity index (χ0) is 14.0. The van der Waals surface area contributed by atoms with Gasteiger partial charge in [-0.15, -0.1) is 0 Å². The maximum atomic E-state index is 11.9. The molecule has 1 aromatic carbocycles. The predicted octanol–water partition coefficient (Wildman–Crippen LogP) is 1.88. The quantitative estimate of drug-likeness (QED) is 0.891. The van der Waals surface area contributed by atoms with Crippen LogP contribution in [0.3, 0.4) is 0 Å². The van der Waals surface area contributed by atoms with Gasteiger partial charge in [-0.3, -0.25) is 0 Å². The normalized spacial score (nSPS) is 13.7. The van der Waals surface area contributed by atoms with Gasteiger partial charge in [-0.25, -0.2) is 23.8 Å². The minimum atomic E-state index is -3.04. The number of carboxylic acid groups (broad SMARTS) is 1. The number of benzene rings is 1. The average Bonchev–Trinajstić information content (AvgIpc) is 2.38. The maximum absolute atomic E-state index is 11.9. The standard InChI is InChI=1S/C12H11N3O3S/c1-19(13,18)9-7-14-11(12(16)17)15-10(9)8-5-3-2-4-6-8/h2-7,13H,1H3,(H,16,17). The van der Waals surface area contributed by atoms with Gasteiger partial charge >= 0.3 is 5.97 Å². The summed E-state index contributed by atoms with van der Waals surface area (Å²) in [6, 6.07) is 8.73. The molecule has 1 aromatic heterocycles. The number of carboxylic acids is 1. The van der Waals surface area contributed by atoms with Crippen molar-refractivity contribution in [2.24, 2.45) is 0 Å². The number of nitrogens with one attached hydrogen (secondary N) is 1. The van der Waals surface area contributed by atoms with E-state index < -0.39 is 15.7 Å². The van der Waals surface area contributed by atoms with Gasteiger partial charge in [-0.05, 0) is 0 Å². The predicted molar refractivity (Wildman–Crippen MR) is 69.5 cm³/mol. The highest BCUT2D eigenvalue weighted by Crippen LogP contribution is 2.24. The van der Waals surface area contributed by atoms with Crippen molar-refractivity contribution >= 4 is 15.7 Å². The monoisotopic (exact) mass is 277 g/mol. The number of nitrogens with zero attached hydrogens (tertiary/aromatic N) is 2. The first-order chi connectivity index (χ1) is 8.89. The van der Waals surface area contributed by atoms with Crippen LogP contribution in [0, 0.1) is 4.78 Å². The molecule has 0 aliphatic rings. The Morgan fingerprint density at radius 3 is 2.47 bits per heavy atom. The van der Waals surface area contributed by atoms with Crippen LogP contribution in [0.15, 0.2) is 41.4 Å². The Balaban J connectivity index is 2.74. The molecule has 2 aromatic rings. The van der Waals surface area contributed by atoms with Gasteiger partial charge in [-0.2, -0.15) is 0 Å². The van der Waals surface area contributed by atoms with Gasteiger partial charge in [0.25, 0.3) is 0 Å². The summed E-state index contributed by atoms with van der Waals surface area (Å²) in [6.45, 7) is 0. The molecular formula is C12H11N3O3S. The van der Waals surface area contributed by atoms with Crippen LogP contribution in [0.1, 0.15) is 10.6 Å². The van der Waals surface area contributed by atoms with Crippen molar-refractivity contribution in [1.82, 2.24) is 9.97 Å². The lowest BCUT2D eigenvalue weighted by molar-refractivity contribution is 0.0683. The van der Waals surface area contributed by atoms with E-state index in [1.807, 2.05) is 0 Å². The van der Waals surface area contributed by atoms with E-state index in [0.29, 0.717) is 5.56 Å². The van der Waals surface area contributed by atoms with Crippen LogP contribution in [0.2, 0.25) is 0 Å². The average molecular weight is 277 g/mol. The van der Waals surface area contributed by atoms with Crippen molar-refractivity contribution in [3.05, 3.63) is 42.4 Å². The second kappa shape index (κ2) is 4.77. The van der Waals surface area contributed by atoms with Crippen molar-refractivity contribution in [3.63, 3.8) is 0 Å². The van der Waals surface area contributed by atoms with E-state index in [-0.39, 0.29) is 16.4 Å². The zero-order valence-electron chi connectivity index (χ0n) is 10.0. The van der Waals surface area contributed by atoms with Gasteiger partial charge in [0.15, 0.2) is 0 Å². The SMILES string of the molecule is CS(=N)(=O)c1cnc(C(=O)O)nc1-c1ccccc1. The Morgan fingerprint density at radius 2 is 1.95 bits per heavy atom. The molecule has 0 aliphatic carbocycles. The minimum absolute atomic E-state index is 0.128. The molecule has 0 amide bonds. The number of carbonyl (C=O) groups is 1. The van der Waals surface area contributed by atoms with Crippen LogP contribution < -0.4 is 0 Å². The van der Waals surface area contributed by atoms with Gasteiger partial charge < -0.3 is 5.11 Å². The third-order valence-corrected chi connectivity index (χ3v) is 3.55. The lowest BCUT2D eigenvalue weighted by atomic mass is 10.1. The summed E-state index contributed by atoms with van der Waals surface area (Å²) in [5.74, 6) is -1.65. The molecule has 0 fully saturated rings. The smallest absolute Gasteiger partial charge is 0.373 e. The second-order valence-corrected chi connectivity index (χ2v) is 6.05. The highest BCUT2D eigenvalue weighted by atomic mass is 32.2. The summed E-state index contributed by atoms with van der Waals surface area (Å²) in [5, 5.41) is 8.91. The summed E-state index contributed by atoms with van der Waals surface area (Å²) >= 11 is 0. The zero-order valence-corrected chi connectivity index (χ0v) is 10.8. The first-order valence-corrected chi connectivity index (χ1v) is 7.26. The molecule has 1 unspecified atom stereocenters. The van der Waals surface area contributed by atoms with Crippen LogP contribution in [0.25, 0.3) is 11.3 Å². The number of hydrogen-bond acceptors (Lipinski definition) is 5. The summed E-state index contributed by atoms with van der Waals surface area (Å²) in [4.78, 5) is 18.6. The fraction of sp³-hybridized carbons (Fsp3) is 0.0833. The van der Waals surface area contributed by atoms with E-state index in [4.69, 9.17) is 9.89 Å². The topological polar surface area (TPSA) is 104 Å². The van der Waals surface area contributed by atoms with Gasteiger partial charge in [0.1, 0.15) is 0 Å². The third-order valence-electron chi connectivity index (χ3n) is 2.41. The summed E-state index contributed by atoms with van der Waals surface area (Å²) in [7, 11) is -3.04. The molecule has 0 bridgehead atoms.